The van der Waals surface area contributed by atoms with Gasteiger partial charge in [0.2, 0.25) is 5.39 Å². The first-order valence-electron chi connectivity index (χ1n) is 8.68. The van der Waals surface area contributed by atoms with Crippen molar-refractivity contribution >= 4 is 18.6 Å². The van der Waals surface area contributed by atoms with Gasteiger partial charge in [-0.15, -0.1) is 0 Å². The van der Waals surface area contributed by atoms with Crippen LogP contribution in [0.2, 0.25) is 0 Å². The molecule has 0 atom stereocenters. The number of diazo groups is 1. The van der Waals surface area contributed by atoms with Crippen molar-refractivity contribution in [1.82, 2.24) is 0 Å². The fourth-order valence-electron chi connectivity index (χ4n) is 2.42. The molecule has 0 fully saturated rings. The first-order valence-corrected chi connectivity index (χ1v) is 8.68. The van der Waals surface area contributed by atoms with Gasteiger partial charge in [0.05, 0.1) is 4.92 Å². The maximum atomic E-state index is 10.9. The number of nitrogens with zero attached hydrogens (tertiary/aromatic N) is 3. The van der Waals surface area contributed by atoms with Crippen molar-refractivity contribution in [2.24, 2.45) is 0 Å². The summed E-state index contributed by atoms with van der Waals surface area (Å²) in [5, 5.41) is 19.6. The predicted molar refractivity (Wildman–Crippen MR) is 94.3 cm³/mol. The molecule has 5 nitrogen and oxygen atoms in total. The van der Waals surface area contributed by atoms with Crippen LogP contribution in [0.5, 0.6) is 0 Å². The Morgan fingerprint density at radius 1 is 1.04 bits per heavy atom. The summed E-state index contributed by atoms with van der Waals surface area (Å²) in [6.07, 6.45) is 10.8. The van der Waals surface area contributed by atoms with Crippen molar-refractivity contribution in [3.63, 3.8) is 0 Å². The Morgan fingerprint density at radius 2 is 1.54 bits per heavy atom. The van der Waals surface area contributed by atoms with Gasteiger partial charge in [-0.1, -0.05) is 57.9 Å². The Balaban J connectivity index is 0.00000110. The molecule has 10 heteroatoms. The molecule has 0 aromatic heterocycles. The van der Waals surface area contributed by atoms with Crippen LogP contribution in [-0.2, 0) is 6.42 Å². The lowest BCUT2D eigenvalue weighted by Crippen LogP contribution is -2.02. The number of benzene rings is 1. The number of nitro benzene ring substituents is 1. The summed E-state index contributed by atoms with van der Waals surface area (Å²) < 4.78 is 39.0. The summed E-state index contributed by atoms with van der Waals surface area (Å²) in [7, 11) is -6.00. The topological polar surface area (TPSA) is 71.3 Å². The van der Waals surface area contributed by atoms with Crippen LogP contribution in [0, 0.1) is 15.5 Å². The zero-order valence-corrected chi connectivity index (χ0v) is 14.8. The number of rotatable bonds is 10. The molecule has 0 aliphatic rings. The molecule has 146 valence electrons. The quantitative estimate of drug-likeness (QED) is 0.109. The molecule has 0 spiro atoms. The highest BCUT2D eigenvalue weighted by atomic mass is 19.5. The van der Waals surface area contributed by atoms with E-state index < -0.39 is 12.2 Å². The Hall–Kier alpha value is -2.18. The summed E-state index contributed by atoms with van der Waals surface area (Å²) in [6, 6.07) is 4.80. The fourth-order valence-corrected chi connectivity index (χ4v) is 2.42. The minimum Gasteiger partial charge on any atom is -0.418 e. The minimum atomic E-state index is -6.00. The molecule has 1 aromatic rings. The average molecular weight is 377 g/mol. The molecule has 0 saturated carbocycles. The normalized spacial score (nSPS) is 10.6. The van der Waals surface area contributed by atoms with E-state index in [0.717, 1.165) is 24.8 Å². The predicted octanol–water partition coefficient (Wildman–Crippen LogP) is 7.06. The van der Waals surface area contributed by atoms with E-state index in [1.165, 1.54) is 50.7 Å². The summed E-state index contributed by atoms with van der Waals surface area (Å²) in [5.41, 5.74) is 0.814. The highest BCUT2D eigenvalue weighted by molar-refractivity contribution is 6.50. The Kier molecular flexibility index (Phi) is 12.0. The van der Waals surface area contributed by atoms with E-state index in [9.17, 15) is 27.4 Å². The second-order valence-electron chi connectivity index (χ2n) is 5.90. The van der Waals surface area contributed by atoms with Gasteiger partial charge < -0.3 is 17.3 Å². The molecule has 0 amide bonds. The lowest BCUT2D eigenvalue weighted by atomic mass is 10.0. The number of hydrogen-bond donors (Lipinski definition) is 0. The third-order valence-electron chi connectivity index (χ3n) is 3.66. The standard InChI is InChI=1S/C16H24N3O2.BF4/c1-2-3-4-5-6-7-8-9-10-14-11-12-15(18-17)16(13-14)19(20)21;2-1(3,4)5/h11-13H,2-10H2,1H3;/q+1;-1. The summed E-state index contributed by atoms with van der Waals surface area (Å²) in [6.45, 7) is 2.22. The SMILES string of the molecule is CCCCCCCCCCc1ccc([N+]#N)c([N+](=O)[O-])c1.F[B-](F)(F)F. The van der Waals surface area contributed by atoms with Crippen LogP contribution in [0.1, 0.15) is 63.9 Å². The van der Waals surface area contributed by atoms with Gasteiger partial charge in [-0.05, 0) is 18.4 Å². The largest absolute Gasteiger partial charge is 0.673 e. The molecule has 26 heavy (non-hydrogen) atoms. The Labute approximate surface area is 150 Å². The van der Waals surface area contributed by atoms with Gasteiger partial charge in [0, 0.05) is 12.1 Å². The lowest BCUT2D eigenvalue weighted by Gasteiger charge is -2.02. The second kappa shape index (κ2) is 13.1. The van der Waals surface area contributed by atoms with Crippen molar-refractivity contribution < 1.29 is 22.2 Å². The average Bonchev–Trinajstić information content (AvgIpc) is 2.55. The number of aryl methyl sites for hydroxylation is 1. The molecule has 0 aliphatic carbocycles. The highest BCUT2D eigenvalue weighted by Gasteiger charge is 2.24. The van der Waals surface area contributed by atoms with E-state index in [2.05, 4.69) is 11.9 Å². The number of halogens is 4. The molecular weight excluding hydrogens is 353 g/mol. The van der Waals surface area contributed by atoms with E-state index in [1.54, 1.807) is 6.07 Å². The summed E-state index contributed by atoms with van der Waals surface area (Å²) in [5.74, 6) is 0. The zero-order chi connectivity index (χ0) is 20.0. The minimum absolute atomic E-state index is 0.0136. The van der Waals surface area contributed by atoms with Gasteiger partial charge >= 0.3 is 18.6 Å². The van der Waals surface area contributed by atoms with E-state index in [0.29, 0.717) is 0 Å². The Morgan fingerprint density at radius 3 is 2.00 bits per heavy atom. The maximum absolute atomic E-state index is 10.9. The van der Waals surface area contributed by atoms with E-state index >= 15 is 0 Å². The maximum Gasteiger partial charge on any atom is 0.673 e. The van der Waals surface area contributed by atoms with E-state index in [1.807, 2.05) is 0 Å². The molecule has 0 aliphatic heterocycles. The van der Waals surface area contributed by atoms with Crippen LogP contribution in [-0.4, -0.2) is 12.2 Å². The van der Waals surface area contributed by atoms with Crippen LogP contribution in [0.4, 0.5) is 28.6 Å². The third-order valence-corrected chi connectivity index (χ3v) is 3.66. The van der Waals surface area contributed by atoms with E-state index in [4.69, 9.17) is 5.39 Å². The number of nitro groups is 1. The van der Waals surface area contributed by atoms with Crippen LogP contribution < -0.4 is 0 Å². The third kappa shape index (κ3) is 13.2. The number of hydrogen-bond acceptors (Lipinski definition) is 3. The number of unbranched alkanes of at least 4 members (excludes halogenated alkanes) is 7. The smallest absolute Gasteiger partial charge is 0.418 e. The van der Waals surface area contributed by atoms with Crippen molar-refractivity contribution in [2.45, 2.75) is 64.7 Å². The summed E-state index contributed by atoms with van der Waals surface area (Å²) in [4.78, 5) is 13.3. The molecule has 1 aromatic carbocycles. The summed E-state index contributed by atoms with van der Waals surface area (Å²) >= 11 is 0. The van der Waals surface area contributed by atoms with Gasteiger partial charge in [0.15, 0.2) is 4.98 Å². The van der Waals surface area contributed by atoms with Crippen molar-refractivity contribution in [3.05, 3.63) is 38.9 Å². The highest BCUT2D eigenvalue weighted by Crippen LogP contribution is 2.28. The fraction of sp³-hybridized carbons (Fsp3) is 0.625. The molecule has 1 rings (SSSR count). The zero-order valence-electron chi connectivity index (χ0n) is 14.8. The van der Waals surface area contributed by atoms with Crippen LogP contribution in [0.25, 0.3) is 4.98 Å². The van der Waals surface area contributed by atoms with Crippen LogP contribution >= 0.6 is 0 Å². The monoisotopic (exact) mass is 377 g/mol. The van der Waals surface area contributed by atoms with Crippen molar-refractivity contribution in [3.8, 4) is 0 Å². The van der Waals surface area contributed by atoms with Crippen molar-refractivity contribution in [1.29, 1.82) is 5.39 Å². The molecule has 0 radical (unpaired) electrons. The molecule has 0 bridgehead atoms. The first kappa shape index (κ1) is 23.8. The Bertz CT molecular complexity index is 586. The lowest BCUT2D eigenvalue weighted by molar-refractivity contribution is -0.383. The molecule has 0 unspecified atom stereocenters. The van der Waals surface area contributed by atoms with E-state index in [-0.39, 0.29) is 11.4 Å². The van der Waals surface area contributed by atoms with Crippen LogP contribution in [0.15, 0.2) is 18.2 Å². The van der Waals surface area contributed by atoms with Gasteiger partial charge in [0.1, 0.15) is 0 Å². The van der Waals surface area contributed by atoms with Crippen LogP contribution in [0.3, 0.4) is 0 Å². The first-order chi connectivity index (χ1) is 12.2. The molecule has 0 saturated heterocycles. The second-order valence-corrected chi connectivity index (χ2v) is 5.90. The molecule has 0 heterocycles. The van der Waals surface area contributed by atoms with Gasteiger partial charge in [-0.3, -0.25) is 10.1 Å². The molecule has 0 N–H and O–H groups in total. The van der Waals surface area contributed by atoms with Gasteiger partial charge in [-0.25, -0.2) is 0 Å². The molecular formula is C16H24BF4N3O2. The van der Waals surface area contributed by atoms with Crippen molar-refractivity contribution in [2.75, 3.05) is 0 Å². The van der Waals surface area contributed by atoms with Gasteiger partial charge in [0.25, 0.3) is 0 Å². The van der Waals surface area contributed by atoms with Gasteiger partial charge in [-0.2, -0.15) is 0 Å².